The Labute approximate surface area is 97.4 Å². The number of imidazole rings is 1. The van der Waals surface area contributed by atoms with Crippen LogP contribution in [0, 0.1) is 6.92 Å². The first-order chi connectivity index (χ1) is 7.13. The second-order valence-electron chi connectivity index (χ2n) is 3.67. The van der Waals surface area contributed by atoms with Gasteiger partial charge in [-0.1, -0.05) is 6.92 Å². The van der Waals surface area contributed by atoms with Crippen molar-refractivity contribution in [1.82, 2.24) is 9.38 Å². The van der Waals surface area contributed by atoms with E-state index in [1.165, 1.54) is 0 Å². The second-order valence-corrected chi connectivity index (χ2v) is 4.59. The van der Waals surface area contributed by atoms with Crippen molar-refractivity contribution in [2.45, 2.75) is 26.3 Å². The molecular weight excluding hydrogens is 254 g/mol. The number of aryl methyl sites for hydroxylation is 1. The molecule has 15 heavy (non-hydrogen) atoms. The van der Waals surface area contributed by atoms with Crippen LogP contribution in [-0.4, -0.2) is 9.38 Å². The van der Waals surface area contributed by atoms with E-state index in [-0.39, 0.29) is 6.04 Å². The Morgan fingerprint density at radius 2 is 2.27 bits per heavy atom. The van der Waals surface area contributed by atoms with Crippen LogP contribution >= 0.6 is 15.9 Å². The largest absolute Gasteiger partial charge is 0.323 e. The van der Waals surface area contributed by atoms with Crippen molar-refractivity contribution in [3.63, 3.8) is 0 Å². The SMILES string of the molecule is CCC(N)c1c(C)nc2ccc(Br)cn12. The Bertz CT molecular complexity index is 490. The van der Waals surface area contributed by atoms with Crippen molar-refractivity contribution in [2.24, 2.45) is 5.73 Å². The summed E-state index contributed by atoms with van der Waals surface area (Å²) >= 11 is 3.46. The summed E-state index contributed by atoms with van der Waals surface area (Å²) < 4.78 is 3.10. The van der Waals surface area contributed by atoms with Gasteiger partial charge < -0.3 is 10.1 Å². The molecule has 2 heterocycles. The van der Waals surface area contributed by atoms with Crippen LogP contribution < -0.4 is 5.73 Å². The minimum absolute atomic E-state index is 0.0503. The number of nitrogens with zero attached hydrogens (tertiary/aromatic N) is 2. The molecule has 2 N–H and O–H groups in total. The summed E-state index contributed by atoms with van der Waals surface area (Å²) in [5.74, 6) is 0. The maximum Gasteiger partial charge on any atom is 0.137 e. The summed E-state index contributed by atoms with van der Waals surface area (Å²) in [6.45, 7) is 4.09. The summed E-state index contributed by atoms with van der Waals surface area (Å²) in [7, 11) is 0. The predicted octanol–water partition coefficient (Wildman–Crippen LogP) is 2.82. The van der Waals surface area contributed by atoms with Gasteiger partial charge in [0.05, 0.1) is 11.4 Å². The third-order valence-corrected chi connectivity index (χ3v) is 3.06. The monoisotopic (exact) mass is 267 g/mol. The molecule has 1 atom stereocenters. The first kappa shape index (κ1) is 10.6. The summed E-state index contributed by atoms with van der Waals surface area (Å²) in [6, 6.07) is 4.03. The van der Waals surface area contributed by atoms with Crippen LogP contribution in [0.3, 0.4) is 0 Å². The Hall–Kier alpha value is -0.870. The molecule has 2 aromatic heterocycles. The fraction of sp³-hybridized carbons (Fsp3) is 0.364. The zero-order valence-corrected chi connectivity index (χ0v) is 10.5. The lowest BCUT2D eigenvalue weighted by Crippen LogP contribution is -2.12. The number of pyridine rings is 1. The highest BCUT2D eigenvalue weighted by molar-refractivity contribution is 9.10. The summed E-state index contributed by atoms with van der Waals surface area (Å²) in [5, 5.41) is 0. The predicted molar refractivity (Wildman–Crippen MR) is 64.8 cm³/mol. The Morgan fingerprint density at radius 1 is 1.53 bits per heavy atom. The van der Waals surface area contributed by atoms with Crippen molar-refractivity contribution >= 4 is 21.6 Å². The van der Waals surface area contributed by atoms with Gasteiger partial charge in [0.2, 0.25) is 0 Å². The van der Waals surface area contributed by atoms with E-state index in [9.17, 15) is 0 Å². The summed E-state index contributed by atoms with van der Waals surface area (Å²) in [5.41, 5.74) is 9.15. The molecule has 2 rings (SSSR count). The Balaban J connectivity index is 2.70. The van der Waals surface area contributed by atoms with E-state index in [4.69, 9.17) is 5.73 Å². The van der Waals surface area contributed by atoms with E-state index < -0.39 is 0 Å². The molecule has 1 unspecified atom stereocenters. The smallest absolute Gasteiger partial charge is 0.137 e. The number of nitrogens with two attached hydrogens (primary N) is 1. The first-order valence-corrected chi connectivity index (χ1v) is 5.82. The maximum absolute atomic E-state index is 6.08. The highest BCUT2D eigenvalue weighted by Crippen LogP contribution is 2.22. The van der Waals surface area contributed by atoms with Crippen molar-refractivity contribution in [3.8, 4) is 0 Å². The zero-order chi connectivity index (χ0) is 11.0. The number of halogens is 1. The first-order valence-electron chi connectivity index (χ1n) is 5.03. The molecule has 0 fully saturated rings. The molecule has 0 aliphatic carbocycles. The van der Waals surface area contributed by atoms with E-state index in [0.29, 0.717) is 0 Å². The van der Waals surface area contributed by atoms with Gasteiger partial charge in [-0.15, -0.1) is 0 Å². The zero-order valence-electron chi connectivity index (χ0n) is 8.87. The molecule has 0 amide bonds. The second kappa shape index (κ2) is 3.94. The molecule has 0 radical (unpaired) electrons. The van der Waals surface area contributed by atoms with Gasteiger partial charge in [-0.05, 0) is 41.4 Å². The third kappa shape index (κ3) is 1.79. The fourth-order valence-corrected chi connectivity index (χ4v) is 2.13. The lowest BCUT2D eigenvalue weighted by atomic mass is 10.1. The van der Waals surface area contributed by atoms with Crippen LogP contribution in [0.15, 0.2) is 22.8 Å². The van der Waals surface area contributed by atoms with E-state index in [2.05, 4.69) is 32.2 Å². The third-order valence-electron chi connectivity index (χ3n) is 2.59. The van der Waals surface area contributed by atoms with Crippen LogP contribution in [0.2, 0.25) is 0 Å². The summed E-state index contributed by atoms with van der Waals surface area (Å²) in [4.78, 5) is 4.49. The lowest BCUT2D eigenvalue weighted by molar-refractivity contribution is 0.663. The molecule has 0 saturated heterocycles. The van der Waals surface area contributed by atoms with Crippen molar-refractivity contribution < 1.29 is 0 Å². The van der Waals surface area contributed by atoms with Crippen LogP contribution in [0.4, 0.5) is 0 Å². The number of rotatable bonds is 2. The molecule has 4 heteroatoms. The molecule has 0 spiro atoms. The van der Waals surface area contributed by atoms with Gasteiger partial charge >= 0.3 is 0 Å². The van der Waals surface area contributed by atoms with Gasteiger partial charge in [0, 0.05) is 16.7 Å². The van der Waals surface area contributed by atoms with E-state index in [1.807, 2.05) is 25.3 Å². The number of fused-ring (bicyclic) bond motifs is 1. The minimum Gasteiger partial charge on any atom is -0.323 e. The Kier molecular flexibility index (Phi) is 2.80. The van der Waals surface area contributed by atoms with Crippen LogP contribution in [-0.2, 0) is 0 Å². The number of hydrogen-bond acceptors (Lipinski definition) is 2. The molecule has 2 aromatic rings. The van der Waals surface area contributed by atoms with E-state index in [1.54, 1.807) is 0 Å². The van der Waals surface area contributed by atoms with Gasteiger partial charge in [0.15, 0.2) is 0 Å². The Morgan fingerprint density at radius 3 is 2.93 bits per heavy atom. The van der Waals surface area contributed by atoms with Gasteiger partial charge in [-0.3, -0.25) is 0 Å². The normalized spacial score (nSPS) is 13.3. The van der Waals surface area contributed by atoms with Crippen molar-refractivity contribution in [2.75, 3.05) is 0 Å². The topological polar surface area (TPSA) is 43.3 Å². The van der Waals surface area contributed by atoms with Crippen LogP contribution in [0.25, 0.3) is 5.65 Å². The highest BCUT2D eigenvalue weighted by atomic mass is 79.9. The summed E-state index contributed by atoms with van der Waals surface area (Å²) in [6.07, 6.45) is 2.93. The molecular formula is C11H14BrN3. The molecule has 0 aromatic carbocycles. The molecule has 80 valence electrons. The minimum atomic E-state index is 0.0503. The van der Waals surface area contributed by atoms with Crippen LogP contribution in [0.1, 0.15) is 30.8 Å². The van der Waals surface area contributed by atoms with Gasteiger partial charge in [-0.25, -0.2) is 4.98 Å². The van der Waals surface area contributed by atoms with Gasteiger partial charge in [0.1, 0.15) is 5.65 Å². The maximum atomic E-state index is 6.08. The van der Waals surface area contributed by atoms with Gasteiger partial charge in [-0.2, -0.15) is 0 Å². The van der Waals surface area contributed by atoms with Gasteiger partial charge in [0.25, 0.3) is 0 Å². The average molecular weight is 268 g/mol. The van der Waals surface area contributed by atoms with E-state index >= 15 is 0 Å². The molecule has 0 saturated carbocycles. The quantitative estimate of drug-likeness (QED) is 0.910. The van der Waals surface area contributed by atoms with Crippen LogP contribution in [0.5, 0.6) is 0 Å². The average Bonchev–Trinajstić information content (AvgIpc) is 2.52. The number of aromatic nitrogens is 2. The van der Waals surface area contributed by atoms with Crippen molar-refractivity contribution in [1.29, 1.82) is 0 Å². The molecule has 3 nitrogen and oxygen atoms in total. The molecule has 0 bridgehead atoms. The fourth-order valence-electron chi connectivity index (χ4n) is 1.79. The standard InChI is InChI=1S/C11H14BrN3/c1-3-9(13)11-7(2)14-10-5-4-8(12)6-15(10)11/h4-6,9H,3,13H2,1-2H3. The van der Waals surface area contributed by atoms with E-state index in [0.717, 1.165) is 27.9 Å². The molecule has 0 aliphatic heterocycles. The van der Waals surface area contributed by atoms with Crippen molar-refractivity contribution in [3.05, 3.63) is 34.2 Å². The number of hydrogen-bond donors (Lipinski definition) is 1. The lowest BCUT2D eigenvalue weighted by Gasteiger charge is -2.09. The molecule has 0 aliphatic rings. The highest BCUT2D eigenvalue weighted by Gasteiger charge is 2.14.